The second kappa shape index (κ2) is 14.8. The standard InChI is InChI=1S/C34H48F6O4SSi2/c1-12-24(14-13-19-32(41,33(35,36)37)34(38,39)40)29-18-17-28(45-29)23-42-27-16-15-25(21-43-46(8,9)30(2,3)4)26(20-27)22-44-47(10,11)31(5,6)7/h14-18,20,41H,12,21-23H2,1-11H3/b24-14+. The van der Waals surface area contributed by atoms with Crippen LogP contribution in [0.25, 0.3) is 5.57 Å². The molecular weight excluding hydrogens is 675 g/mol. The van der Waals surface area contributed by atoms with Crippen molar-refractivity contribution in [2.24, 2.45) is 0 Å². The molecule has 0 aliphatic rings. The van der Waals surface area contributed by atoms with E-state index in [1.165, 1.54) is 11.3 Å². The SMILES string of the molecule is CC/C(=C\C#CC(O)(C(F)(F)F)C(F)(F)F)c1ccc(COc2ccc(CO[Si](C)(C)C(C)(C)C)c(CO[Si](C)(C)C(C)(C)C)c2)s1. The lowest BCUT2D eigenvalue weighted by atomic mass is 10.0. The summed E-state index contributed by atoms with van der Waals surface area (Å²) in [7, 11) is -4.06. The molecule has 1 aromatic carbocycles. The summed E-state index contributed by atoms with van der Waals surface area (Å²) in [5, 5.41) is 9.38. The van der Waals surface area contributed by atoms with Gasteiger partial charge in [0.05, 0.1) is 13.2 Å². The minimum atomic E-state index is -6.00. The Labute approximate surface area is 281 Å². The van der Waals surface area contributed by atoms with Crippen LogP contribution >= 0.6 is 11.3 Å². The first kappa shape index (κ1) is 41.1. The van der Waals surface area contributed by atoms with Gasteiger partial charge in [0.1, 0.15) is 12.4 Å². The third-order valence-corrected chi connectivity index (χ3v) is 19.1. The first-order chi connectivity index (χ1) is 21.1. The van der Waals surface area contributed by atoms with Crippen LogP contribution in [-0.4, -0.2) is 39.7 Å². The summed E-state index contributed by atoms with van der Waals surface area (Å²) in [5.41, 5.74) is -2.69. The molecule has 0 aliphatic heterocycles. The minimum Gasteiger partial charge on any atom is -0.488 e. The number of thiophene rings is 1. The van der Waals surface area contributed by atoms with Gasteiger partial charge >= 0.3 is 18.0 Å². The minimum absolute atomic E-state index is 0.0328. The number of aliphatic hydroxyl groups is 1. The molecule has 0 saturated heterocycles. The third-order valence-electron chi connectivity index (χ3n) is 9.03. The molecule has 1 N–H and O–H groups in total. The number of ether oxygens (including phenoxy) is 1. The Hall–Kier alpha value is -2.09. The highest BCUT2D eigenvalue weighted by atomic mass is 32.1. The number of halogens is 6. The Morgan fingerprint density at radius 3 is 1.77 bits per heavy atom. The molecule has 0 spiro atoms. The zero-order valence-corrected chi connectivity index (χ0v) is 32.0. The number of hydrogen-bond donors (Lipinski definition) is 1. The molecule has 0 fully saturated rings. The van der Waals surface area contributed by atoms with Crippen molar-refractivity contribution in [3.05, 3.63) is 57.3 Å². The van der Waals surface area contributed by atoms with Crippen LogP contribution in [0.5, 0.6) is 5.75 Å². The second-order valence-corrected chi connectivity index (χ2v) is 25.4. The monoisotopic (exact) mass is 722 g/mol. The molecule has 2 rings (SSSR count). The van der Waals surface area contributed by atoms with Crippen LogP contribution < -0.4 is 4.74 Å². The lowest BCUT2D eigenvalue weighted by molar-refractivity contribution is -0.343. The highest BCUT2D eigenvalue weighted by Crippen LogP contribution is 2.43. The summed E-state index contributed by atoms with van der Waals surface area (Å²) in [6, 6.07) is 9.32. The molecule has 0 unspecified atom stereocenters. The van der Waals surface area contributed by atoms with Gasteiger partial charge in [0, 0.05) is 9.75 Å². The van der Waals surface area contributed by atoms with Gasteiger partial charge in [-0.25, -0.2) is 0 Å². The van der Waals surface area contributed by atoms with Gasteiger partial charge in [-0.05, 0) is 95.6 Å². The van der Waals surface area contributed by atoms with Crippen molar-refractivity contribution < 1.29 is 45.0 Å². The lowest BCUT2D eigenvalue weighted by Gasteiger charge is -2.37. The van der Waals surface area contributed by atoms with Crippen molar-refractivity contribution in [1.82, 2.24) is 0 Å². The number of rotatable bonds is 11. The molecule has 0 bridgehead atoms. The fourth-order valence-corrected chi connectivity index (χ4v) is 6.48. The van der Waals surface area contributed by atoms with Gasteiger partial charge < -0.3 is 18.7 Å². The molecule has 2 aromatic rings. The molecule has 13 heteroatoms. The van der Waals surface area contributed by atoms with Crippen LogP contribution in [0.2, 0.25) is 36.3 Å². The number of hydrogen-bond acceptors (Lipinski definition) is 5. The number of benzene rings is 1. The largest absolute Gasteiger partial charge is 0.488 e. The Kier molecular flexibility index (Phi) is 12.9. The van der Waals surface area contributed by atoms with Crippen molar-refractivity contribution in [1.29, 1.82) is 0 Å². The Bertz CT molecular complexity index is 1440. The van der Waals surface area contributed by atoms with E-state index in [0.717, 1.165) is 28.0 Å². The van der Waals surface area contributed by atoms with E-state index in [2.05, 4.69) is 67.7 Å². The normalized spacial score (nSPS) is 14.2. The highest BCUT2D eigenvalue weighted by Gasteiger charge is 2.70. The van der Waals surface area contributed by atoms with Crippen molar-refractivity contribution in [2.45, 2.75) is 129 Å². The number of allylic oxidation sites excluding steroid dienone is 2. The maximum atomic E-state index is 13.0. The van der Waals surface area contributed by atoms with E-state index >= 15 is 0 Å². The second-order valence-electron chi connectivity index (χ2n) is 14.6. The van der Waals surface area contributed by atoms with Crippen molar-refractivity contribution >= 4 is 33.5 Å². The molecule has 0 atom stereocenters. The molecule has 0 saturated carbocycles. The van der Waals surface area contributed by atoms with Gasteiger partial charge in [-0.1, -0.05) is 60.5 Å². The fourth-order valence-electron chi connectivity index (χ4n) is 3.58. The summed E-state index contributed by atoms with van der Waals surface area (Å²) >= 11 is 1.29. The van der Waals surface area contributed by atoms with Gasteiger partial charge in [0.15, 0.2) is 16.6 Å². The average molecular weight is 723 g/mol. The van der Waals surface area contributed by atoms with Crippen LogP contribution in [0.4, 0.5) is 26.3 Å². The van der Waals surface area contributed by atoms with Crippen LogP contribution in [0, 0.1) is 11.8 Å². The van der Waals surface area contributed by atoms with Crippen molar-refractivity contribution in [3.63, 3.8) is 0 Å². The lowest BCUT2D eigenvalue weighted by Crippen LogP contribution is -2.55. The topological polar surface area (TPSA) is 47.9 Å². The molecule has 1 aromatic heterocycles. The molecule has 264 valence electrons. The zero-order chi connectivity index (χ0) is 36.3. The van der Waals surface area contributed by atoms with E-state index in [1.807, 2.05) is 18.2 Å². The predicted octanol–water partition coefficient (Wildman–Crippen LogP) is 11.0. The van der Waals surface area contributed by atoms with E-state index in [9.17, 15) is 31.4 Å². The zero-order valence-electron chi connectivity index (χ0n) is 29.1. The Balaban J connectivity index is 2.29. The van der Waals surface area contributed by atoms with Crippen molar-refractivity contribution in [2.75, 3.05) is 0 Å². The summed E-state index contributed by atoms with van der Waals surface area (Å²) in [6.45, 7) is 24.7. The fraction of sp³-hybridized carbons (Fsp3) is 0.588. The first-order valence-corrected chi connectivity index (χ1v) is 22.0. The van der Waals surface area contributed by atoms with E-state index in [1.54, 1.807) is 25.0 Å². The summed E-state index contributed by atoms with van der Waals surface area (Å²) < 4.78 is 97.0. The number of alkyl halides is 6. The quantitative estimate of drug-likeness (QED) is 0.143. The van der Waals surface area contributed by atoms with Gasteiger partial charge in [-0.15, -0.1) is 11.3 Å². The summed E-state index contributed by atoms with van der Waals surface area (Å²) in [6.07, 6.45) is -10.7. The van der Waals surface area contributed by atoms with E-state index in [0.29, 0.717) is 35.8 Å². The maximum Gasteiger partial charge on any atom is 0.438 e. The molecule has 0 amide bonds. The van der Waals surface area contributed by atoms with Crippen LogP contribution in [0.15, 0.2) is 36.4 Å². The van der Waals surface area contributed by atoms with Gasteiger partial charge in [-0.3, -0.25) is 0 Å². The van der Waals surface area contributed by atoms with Crippen LogP contribution in [0.1, 0.15) is 75.8 Å². The highest BCUT2D eigenvalue weighted by molar-refractivity contribution is 7.13. The van der Waals surface area contributed by atoms with Crippen LogP contribution in [-0.2, 0) is 28.7 Å². The molecule has 4 nitrogen and oxygen atoms in total. The average Bonchev–Trinajstić information content (AvgIpc) is 3.38. The van der Waals surface area contributed by atoms with Crippen LogP contribution in [0.3, 0.4) is 0 Å². The molecule has 0 radical (unpaired) electrons. The molecule has 0 aliphatic carbocycles. The molecule has 1 heterocycles. The predicted molar refractivity (Wildman–Crippen MR) is 182 cm³/mol. The maximum absolute atomic E-state index is 13.0. The van der Waals surface area contributed by atoms with Crippen molar-refractivity contribution in [3.8, 4) is 17.6 Å². The Morgan fingerprint density at radius 2 is 1.30 bits per heavy atom. The summed E-state index contributed by atoms with van der Waals surface area (Å²) in [4.78, 5) is 1.41. The van der Waals surface area contributed by atoms with E-state index in [-0.39, 0.29) is 16.7 Å². The third kappa shape index (κ3) is 10.5. The first-order valence-electron chi connectivity index (χ1n) is 15.3. The Morgan fingerprint density at radius 1 is 0.787 bits per heavy atom. The smallest absolute Gasteiger partial charge is 0.438 e. The van der Waals surface area contributed by atoms with Gasteiger partial charge in [-0.2, -0.15) is 26.3 Å². The van der Waals surface area contributed by atoms with Gasteiger partial charge in [0.2, 0.25) is 0 Å². The van der Waals surface area contributed by atoms with E-state index < -0.39 is 34.6 Å². The van der Waals surface area contributed by atoms with E-state index in [4.69, 9.17) is 13.6 Å². The van der Waals surface area contributed by atoms with Gasteiger partial charge in [0.25, 0.3) is 0 Å². The molecule has 47 heavy (non-hydrogen) atoms. The molecular formula is C34H48F6O4SSi2. The summed E-state index contributed by atoms with van der Waals surface area (Å²) in [5.74, 6) is 3.38.